The van der Waals surface area contributed by atoms with E-state index in [2.05, 4.69) is 30.1 Å². The molecule has 1 aromatic carbocycles. The number of aromatic nitrogens is 4. The second kappa shape index (κ2) is 7.08. The van der Waals surface area contributed by atoms with E-state index >= 15 is 0 Å². The first-order valence-electron chi connectivity index (χ1n) is 7.80. The third-order valence-electron chi connectivity index (χ3n) is 3.77. The first kappa shape index (κ1) is 17.6. The molecule has 0 aliphatic carbocycles. The molecule has 0 amide bonds. The van der Waals surface area contributed by atoms with Gasteiger partial charge in [0.05, 0.1) is 22.9 Å². The van der Waals surface area contributed by atoms with E-state index in [4.69, 9.17) is 29.2 Å². The van der Waals surface area contributed by atoms with Crippen molar-refractivity contribution in [1.82, 2.24) is 19.9 Å². The number of pyridine rings is 1. The van der Waals surface area contributed by atoms with Crippen LogP contribution in [-0.2, 0) is 0 Å². The average Bonchev–Trinajstić information content (AvgIpc) is 3.12. The summed E-state index contributed by atoms with van der Waals surface area (Å²) in [5, 5.41) is 13.1. The molecule has 0 saturated heterocycles. The van der Waals surface area contributed by atoms with E-state index in [1.54, 1.807) is 18.3 Å². The van der Waals surface area contributed by atoms with Crippen molar-refractivity contribution in [3.8, 4) is 16.6 Å². The van der Waals surface area contributed by atoms with Gasteiger partial charge in [0.15, 0.2) is 11.5 Å². The Labute approximate surface area is 168 Å². The smallest absolute Gasteiger partial charge is 0.200 e. The number of nitrogen functional groups attached to an aromatic ring is 1. The van der Waals surface area contributed by atoms with Crippen LogP contribution < -0.4 is 11.1 Å². The van der Waals surface area contributed by atoms with Crippen molar-refractivity contribution in [3.05, 3.63) is 58.8 Å². The Morgan fingerprint density at radius 2 is 2.11 bits per heavy atom. The monoisotopic (exact) mass is 404 g/mol. The molecule has 4 aromatic rings. The summed E-state index contributed by atoms with van der Waals surface area (Å²) in [7, 11) is 0. The van der Waals surface area contributed by atoms with Crippen molar-refractivity contribution in [3.63, 3.8) is 0 Å². The standard InChI is InChI=1S/C18H9ClN8S/c1-22-12-5-9(7-20)4-10(19)15(12)18-26-11-2-3-23-17(16(11)28-18)27-14-6-13(21)24-8-25-14/h2-6,8H,(H3,21,23,24,25,27). The zero-order chi connectivity index (χ0) is 19.7. The molecular formula is C18H9ClN8S. The topological polar surface area (TPSA) is 118 Å². The first-order valence-corrected chi connectivity index (χ1v) is 9.00. The maximum Gasteiger partial charge on any atom is 0.200 e. The molecule has 8 nitrogen and oxygen atoms in total. The molecule has 0 saturated carbocycles. The molecule has 28 heavy (non-hydrogen) atoms. The number of hydrogen-bond acceptors (Lipinski definition) is 8. The predicted octanol–water partition coefficient (Wildman–Crippen LogP) is 4.55. The lowest BCUT2D eigenvalue weighted by molar-refractivity contribution is 1.17. The van der Waals surface area contributed by atoms with Crippen LogP contribution in [0.25, 0.3) is 25.6 Å². The summed E-state index contributed by atoms with van der Waals surface area (Å²) in [6, 6.07) is 8.39. The van der Waals surface area contributed by atoms with Gasteiger partial charge in [0, 0.05) is 28.4 Å². The molecule has 0 aliphatic rings. The Kier molecular flexibility index (Phi) is 4.45. The number of nitrogens with two attached hydrogens (primary N) is 1. The maximum atomic E-state index is 9.09. The van der Waals surface area contributed by atoms with Crippen LogP contribution in [0.5, 0.6) is 0 Å². The third-order valence-corrected chi connectivity index (χ3v) is 5.17. The minimum absolute atomic E-state index is 0.272. The van der Waals surface area contributed by atoms with Crippen molar-refractivity contribution in [2.24, 2.45) is 0 Å². The van der Waals surface area contributed by atoms with Crippen molar-refractivity contribution >= 4 is 56.3 Å². The van der Waals surface area contributed by atoms with E-state index in [1.165, 1.54) is 29.8 Å². The normalized spacial score (nSPS) is 10.4. The number of halogens is 1. The molecular weight excluding hydrogens is 396 g/mol. The van der Waals surface area contributed by atoms with Gasteiger partial charge in [-0.3, -0.25) is 0 Å². The number of fused-ring (bicyclic) bond motifs is 1. The third kappa shape index (κ3) is 3.16. The second-order valence-corrected chi connectivity index (χ2v) is 6.96. The van der Waals surface area contributed by atoms with Gasteiger partial charge in [-0.15, -0.1) is 11.3 Å². The van der Waals surface area contributed by atoms with Crippen LogP contribution in [0.15, 0.2) is 36.8 Å². The largest absolute Gasteiger partial charge is 0.384 e. The number of nitrogens with one attached hydrogen (secondary N) is 1. The van der Waals surface area contributed by atoms with Crippen LogP contribution in [0.4, 0.5) is 23.1 Å². The molecule has 4 rings (SSSR count). The Hall–Kier alpha value is -3.79. The van der Waals surface area contributed by atoms with E-state index in [0.717, 1.165) is 4.70 Å². The number of anilines is 3. The zero-order valence-corrected chi connectivity index (χ0v) is 15.6. The second-order valence-electron chi connectivity index (χ2n) is 5.56. The SMILES string of the molecule is [C-]#[N+]c1cc(C#N)cc(Cl)c1-c1nc2ccnc(Nc3cc(N)ncn3)c2s1. The van der Waals surface area contributed by atoms with Gasteiger partial charge in [0.2, 0.25) is 0 Å². The fourth-order valence-corrected chi connectivity index (χ4v) is 4.00. The van der Waals surface area contributed by atoms with Crippen molar-refractivity contribution in [1.29, 1.82) is 5.26 Å². The highest BCUT2D eigenvalue weighted by atomic mass is 35.5. The first-order chi connectivity index (χ1) is 13.6. The highest BCUT2D eigenvalue weighted by Crippen LogP contribution is 2.42. The fourth-order valence-electron chi connectivity index (χ4n) is 2.57. The molecule has 0 aliphatic heterocycles. The van der Waals surface area contributed by atoms with Crippen molar-refractivity contribution in [2.45, 2.75) is 0 Å². The summed E-state index contributed by atoms with van der Waals surface area (Å²) in [4.78, 5) is 20.4. The van der Waals surface area contributed by atoms with E-state index in [9.17, 15) is 0 Å². The van der Waals surface area contributed by atoms with Gasteiger partial charge in [0.25, 0.3) is 0 Å². The maximum absolute atomic E-state index is 9.09. The molecule has 10 heteroatoms. The number of rotatable bonds is 3. The lowest BCUT2D eigenvalue weighted by atomic mass is 10.1. The molecule has 3 N–H and O–H groups in total. The molecule has 0 radical (unpaired) electrons. The summed E-state index contributed by atoms with van der Waals surface area (Å²) in [5.41, 5.74) is 7.47. The summed E-state index contributed by atoms with van der Waals surface area (Å²) in [6.07, 6.45) is 2.98. The van der Waals surface area contributed by atoms with E-state index in [0.29, 0.717) is 44.1 Å². The van der Waals surface area contributed by atoms with Gasteiger partial charge in [-0.2, -0.15) is 5.26 Å². The van der Waals surface area contributed by atoms with Gasteiger partial charge < -0.3 is 11.1 Å². The number of hydrogen-bond donors (Lipinski definition) is 2. The Bertz CT molecular complexity index is 1300. The average molecular weight is 405 g/mol. The molecule has 0 bridgehead atoms. The minimum atomic E-state index is 0.272. The molecule has 0 spiro atoms. The van der Waals surface area contributed by atoms with Gasteiger partial charge in [-0.05, 0) is 18.2 Å². The van der Waals surface area contributed by atoms with Gasteiger partial charge >= 0.3 is 0 Å². The molecule has 0 atom stereocenters. The zero-order valence-electron chi connectivity index (χ0n) is 14.0. The number of nitrogens with zero attached hydrogens (tertiary/aromatic N) is 6. The highest BCUT2D eigenvalue weighted by Gasteiger charge is 2.18. The Morgan fingerprint density at radius 3 is 2.86 bits per heavy atom. The summed E-state index contributed by atoms with van der Waals surface area (Å²) in [5.74, 6) is 1.38. The summed E-state index contributed by atoms with van der Waals surface area (Å²) < 4.78 is 0.769. The van der Waals surface area contributed by atoms with Crippen LogP contribution in [0.3, 0.4) is 0 Å². The summed E-state index contributed by atoms with van der Waals surface area (Å²) >= 11 is 7.69. The molecule has 0 unspecified atom stereocenters. The summed E-state index contributed by atoms with van der Waals surface area (Å²) in [6.45, 7) is 7.43. The molecule has 3 aromatic heterocycles. The molecule has 3 heterocycles. The van der Waals surface area contributed by atoms with Crippen LogP contribution in [0, 0.1) is 17.9 Å². The van der Waals surface area contributed by atoms with Crippen LogP contribution in [-0.4, -0.2) is 19.9 Å². The quantitative estimate of drug-likeness (QED) is 0.481. The Balaban J connectivity index is 1.84. The van der Waals surface area contributed by atoms with E-state index < -0.39 is 0 Å². The van der Waals surface area contributed by atoms with Crippen LogP contribution >= 0.6 is 22.9 Å². The fraction of sp³-hybridized carbons (Fsp3) is 0. The van der Waals surface area contributed by atoms with E-state index in [1.807, 2.05) is 6.07 Å². The molecule has 0 fully saturated rings. The van der Waals surface area contributed by atoms with Gasteiger partial charge in [0.1, 0.15) is 23.0 Å². The molecule has 134 valence electrons. The number of benzene rings is 1. The predicted molar refractivity (Wildman–Crippen MR) is 109 cm³/mol. The number of nitriles is 1. The van der Waals surface area contributed by atoms with Crippen molar-refractivity contribution < 1.29 is 0 Å². The number of thiazole rings is 1. The highest BCUT2D eigenvalue weighted by molar-refractivity contribution is 7.22. The van der Waals surface area contributed by atoms with Gasteiger partial charge in [-0.1, -0.05) is 11.6 Å². The van der Waals surface area contributed by atoms with Crippen molar-refractivity contribution in [2.75, 3.05) is 11.1 Å². The minimum Gasteiger partial charge on any atom is -0.384 e. The Morgan fingerprint density at radius 1 is 1.25 bits per heavy atom. The lowest BCUT2D eigenvalue weighted by Gasteiger charge is -2.05. The van der Waals surface area contributed by atoms with Crippen LogP contribution in [0.1, 0.15) is 5.56 Å². The van der Waals surface area contributed by atoms with Crippen LogP contribution in [0.2, 0.25) is 5.02 Å². The van der Waals surface area contributed by atoms with Gasteiger partial charge in [-0.25, -0.2) is 24.8 Å². The lowest BCUT2D eigenvalue weighted by Crippen LogP contribution is -1.98. The van der Waals surface area contributed by atoms with E-state index in [-0.39, 0.29) is 5.69 Å².